The molecule has 0 fully saturated rings. The number of aromatic nitrogens is 2. The molecular formula is C13H15N3O2. The largest absolute Gasteiger partial charge is 0.478 e. The molecule has 2 aromatic rings. The van der Waals surface area contributed by atoms with E-state index in [0.29, 0.717) is 12.2 Å². The molecule has 5 heteroatoms. The van der Waals surface area contributed by atoms with Crippen molar-refractivity contribution in [3.8, 4) is 0 Å². The maximum absolute atomic E-state index is 11.0. The van der Waals surface area contributed by atoms with Crippen LogP contribution in [0.5, 0.6) is 0 Å². The lowest BCUT2D eigenvalue weighted by molar-refractivity contribution is 0.0698. The summed E-state index contributed by atoms with van der Waals surface area (Å²) in [5.74, 6) is -0.0466. The molecule has 0 spiro atoms. The second-order valence-corrected chi connectivity index (χ2v) is 3.83. The van der Waals surface area contributed by atoms with Crippen molar-refractivity contribution in [1.82, 2.24) is 9.55 Å². The van der Waals surface area contributed by atoms with Crippen LogP contribution in [0.15, 0.2) is 36.7 Å². The second-order valence-electron chi connectivity index (χ2n) is 3.83. The number of para-hydroxylation sites is 1. The number of aryl methyl sites for hydroxylation is 1. The number of carboxylic acids is 1. The third-order valence-corrected chi connectivity index (χ3v) is 2.74. The lowest BCUT2D eigenvalue weighted by Crippen LogP contribution is -2.10. The Bertz CT molecular complexity index is 549. The summed E-state index contributed by atoms with van der Waals surface area (Å²) >= 11 is 0. The molecule has 0 atom stereocenters. The zero-order valence-electron chi connectivity index (χ0n) is 10.1. The first-order valence-electron chi connectivity index (χ1n) is 5.78. The summed E-state index contributed by atoms with van der Waals surface area (Å²) < 4.78 is 2.01. The maximum Gasteiger partial charge on any atom is 0.337 e. The Kier molecular flexibility index (Phi) is 3.62. The van der Waals surface area contributed by atoms with Crippen LogP contribution in [0.3, 0.4) is 0 Å². The highest BCUT2D eigenvalue weighted by atomic mass is 16.4. The van der Waals surface area contributed by atoms with E-state index in [-0.39, 0.29) is 5.56 Å². The summed E-state index contributed by atoms with van der Waals surface area (Å²) in [7, 11) is 0. The topological polar surface area (TPSA) is 67.2 Å². The molecule has 0 radical (unpaired) electrons. The molecule has 0 saturated heterocycles. The molecule has 0 aliphatic carbocycles. The van der Waals surface area contributed by atoms with Crippen molar-refractivity contribution >= 4 is 11.7 Å². The van der Waals surface area contributed by atoms with E-state index in [1.54, 1.807) is 30.5 Å². The van der Waals surface area contributed by atoms with Crippen LogP contribution < -0.4 is 5.32 Å². The molecule has 0 aliphatic rings. The standard InChI is InChI=1S/C13H15N3O2/c1-2-16-8-7-14-12(16)9-15-11-6-4-3-5-10(11)13(17)18/h3-8,15H,2,9H2,1H3,(H,17,18). The molecule has 0 aliphatic heterocycles. The Balaban J connectivity index is 2.13. The van der Waals surface area contributed by atoms with Gasteiger partial charge in [-0.1, -0.05) is 12.1 Å². The fourth-order valence-corrected chi connectivity index (χ4v) is 1.79. The lowest BCUT2D eigenvalue weighted by atomic mass is 10.2. The summed E-state index contributed by atoms with van der Waals surface area (Å²) in [6.07, 6.45) is 3.64. The van der Waals surface area contributed by atoms with Crippen molar-refractivity contribution in [3.63, 3.8) is 0 Å². The van der Waals surface area contributed by atoms with Gasteiger partial charge in [0.05, 0.1) is 12.1 Å². The third-order valence-electron chi connectivity index (χ3n) is 2.74. The molecule has 1 heterocycles. The summed E-state index contributed by atoms with van der Waals surface area (Å²) in [5, 5.41) is 12.2. The SMILES string of the molecule is CCn1ccnc1CNc1ccccc1C(=O)O. The Morgan fingerprint density at radius 1 is 1.44 bits per heavy atom. The lowest BCUT2D eigenvalue weighted by Gasteiger charge is -2.10. The number of hydrogen-bond acceptors (Lipinski definition) is 3. The van der Waals surface area contributed by atoms with Crippen molar-refractivity contribution in [1.29, 1.82) is 0 Å². The van der Waals surface area contributed by atoms with Crippen LogP contribution in [0.1, 0.15) is 23.1 Å². The quantitative estimate of drug-likeness (QED) is 0.847. The monoisotopic (exact) mass is 245 g/mol. The minimum Gasteiger partial charge on any atom is -0.478 e. The molecule has 94 valence electrons. The van der Waals surface area contributed by atoms with Gasteiger partial charge in [-0.2, -0.15) is 0 Å². The molecule has 2 N–H and O–H groups in total. The van der Waals surface area contributed by atoms with E-state index in [4.69, 9.17) is 5.11 Å². The number of rotatable bonds is 5. The van der Waals surface area contributed by atoms with Gasteiger partial charge in [-0.05, 0) is 19.1 Å². The van der Waals surface area contributed by atoms with Crippen LogP contribution >= 0.6 is 0 Å². The Labute approximate surface area is 105 Å². The van der Waals surface area contributed by atoms with Gasteiger partial charge in [0.1, 0.15) is 5.82 Å². The number of hydrogen-bond donors (Lipinski definition) is 2. The zero-order chi connectivity index (χ0) is 13.0. The van der Waals surface area contributed by atoms with Gasteiger partial charge in [-0.3, -0.25) is 0 Å². The fraction of sp³-hybridized carbons (Fsp3) is 0.231. The van der Waals surface area contributed by atoms with Crippen molar-refractivity contribution in [2.75, 3.05) is 5.32 Å². The molecular weight excluding hydrogens is 230 g/mol. The number of carbonyl (C=O) groups is 1. The molecule has 1 aromatic heterocycles. The minimum atomic E-state index is -0.933. The summed E-state index contributed by atoms with van der Waals surface area (Å²) in [6.45, 7) is 3.39. The van der Waals surface area contributed by atoms with Crippen LogP contribution in [-0.2, 0) is 13.1 Å². The van der Waals surface area contributed by atoms with Gasteiger partial charge in [-0.25, -0.2) is 9.78 Å². The summed E-state index contributed by atoms with van der Waals surface area (Å²) in [4.78, 5) is 15.3. The van der Waals surface area contributed by atoms with Crippen molar-refractivity contribution in [3.05, 3.63) is 48.0 Å². The predicted octanol–water partition coefficient (Wildman–Crippen LogP) is 2.21. The average Bonchev–Trinajstić information content (AvgIpc) is 2.84. The molecule has 1 aromatic carbocycles. The molecule has 5 nitrogen and oxygen atoms in total. The summed E-state index contributed by atoms with van der Waals surface area (Å²) in [6, 6.07) is 6.85. The number of imidazole rings is 1. The number of anilines is 1. The summed E-state index contributed by atoms with van der Waals surface area (Å²) in [5.41, 5.74) is 0.878. The van der Waals surface area contributed by atoms with Crippen LogP contribution in [0.2, 0.25) is 0 Å². The number of nitrogens with zero attached hydrogens (tertiary/aromatic N) is 2. The van der Waals surface area contributed by atoms with Gasteiger partial charge in [0, 0.05) is 24.6 Å². The molecule has 2 rings (SSSR count). The minimum absolute atomic E-state index is 0.270. The normalized spacial score (nSPS) is 10.3. The number of benzene rings is 1. The Hall–Kier alpha value is -2.30. The van der Waals surface area contributed by atoms with Gasteiger partial charge >= 0.3 is 5.97 Å². The third kappa shape index (κ3) is 2.51. The van der Waals surface area contributed by atoms with Gasteiger partial charge in [0.2, 0.25) is 0 Å². The van der Waals surface area contributed by atoms with Crippen LogP contribution in [-0.4, -0.2) is 20.6 Å². The predicted molar refractivity (Wildman–Crippen MR) is 68.6 cm³/mol. The Morgan fingerprint density at radius 2 is 2.22 bits per heavy atom. The van der Waals surface area contributed by atoms with Gasteiger partial charge < -0.3 is 15.0 Å². The van der Waals surface area contributed by atoms with Crippen LogP contribution in [0, 0.1) is 0 Å². The average molecular weight is 245 g/mol. The highest BCUT2D eigenvalue weighted by Gasteiger charge is 2.09. The van der Waals surface area contributed by atoms with Crippen LogP contribution in [0.4, 0.5) is 5.69 Å². The number of carboxylic acid groups (broad SMARTS) is 1. The van der Waals surface area contributed by atoms with E-state index in [0.717, 1.165) is 12.4 Å². The van der Waals surface area contributed by atoms with Gasteiger partial charge in [0.15, 0.2) is 0 Å². The first-order chi connectivity index (χ1) is 8.72. The van der Waals surface area contributed by atoms with E-state index in [1.807, 2.05) is 17.7 Å². The zero-order valence-corrected chi connectivity index (χ0v) is 10.1. The molecule has 0 bridgehead atoms. The van der Waals surface area contributed by atoms with Crippen molar-refractivity contribution < 1.29 is 9.90 Å². The van der Waals surface area contributed by atoms with Crippen LogP contribution in [0.25, 0.3) is 0 Å². The van der Waals surface area contributed by atoms with E-state index >= 15 is 0 Å². The number of aromatic carboxylic acids is 1. The van der Waals surface area contributed by atoms with Crippen molar-refractivity contribution in [2.45, 2.75) is 20.0 Å². The van der Waals surface area contributed by atoms with Crippen molar-refractivity contribution in [2.24, 2.45) is 0 Å². The highest BCUT2D eigenvalue weighted by molar-refractivity contribution is 5.94. The fourth-order valence-electron chi connectivity index (χ4n) is 1.79. The maximum atomic E-state index is 11.0. The first-order valence-corrected chi connectivity index (χ1v) is 5.78. The van der Waals surface area contributed by atoms with E-state index in [9.17, 15) is 4.79 Å². The molecule has 0 unspecified atom stereocenters. The molecule has 0 amide bonds. The second kappa shape index (κ2) is 5.35. The van der Waals surface area contributed by atoms with Gasteiger partial charge in [0.25, 0.3) is 0 Å². The highest BCUT2D eigenvalue weighted by Crippen LogP contribution is 2.15. The first kappa shape index (κ1) is 12.2. The van der Waals surface area contributed by atoms with Gasteiger partial charge in [-0.15, -0.1) is 0 Å². The number of nitrogens with one attached hydrogen (secondary N) is 1. The molecule has 0 saturated carbocycles. The molecule has 18 heavy (non-hydrogen) atoms. The Morgan fingerprint density at radius 3 is 2.94 bits per heavy atom. The van der Waals surface area contributed by atoms with E-state index < -0.39 is 5.97 Å². The van der Waals surface area contributed by atoms with E-state index in [2.05, 4.69) is 10.3 Å². The smallest absolute Gasteiger partial charge is 0.337 e. The van der Waals surface area contributed by atoms with E-state index in [1.165, 1.54) is 0 Å².